The van der Waals surface area contributed by atoms with E-state index in [0.717, 1.165) is 23.3 Å². The number of amides is 1. The van der Waals surface area contributed by atoms with Crippen molar-refractivity contribution < 1.29 is 9.53 Å². The molecule has 0 aliphatic carbocycles. The molecule has 0 spiro atoms. The van der Waals surface area contributed by atoms with Crippen LogP contribution in [-0.4, -0.2) is 21.2 Å². The second-order valence-electron chi connectivity index (χ2n) is 6.64. The van der Waals surface area contributed by atoms with Gasteiger partial charge in [0.15, 0.2) is 0 Å². The number of ether oxygens (including phenoxy) is 1. The van der Waals surface area contributed by atoms with Crippen LogP contribution in [0.2, 0.25) is 0 Å². The maximum Gasteiger partial charge on any atom is 0.266 e. The molecule has 0 N–H and O–H groups in total. The molecule has 1 amide bonds. The average molecular weight is 382 g/mol. The maximum atomic E-state index is 12.9. The van der Waals surface area contributed by atoms with Crippen molar-refractivity contribution >= 4 is 40.3 Å². The Bertz CT molecular complexity index is 907. The van der Waals surface area contributed by atoms with Gasteiger partial charge in [0.2, 0.25) is 0 Å². The molecular formula is C21H19NO2S2. The highest BCUT2D eigenvalue weighted by Crippen LogP contribution is 2.38. The smallest absolute Gasteiger partial charge is 0.266 e. The predicted octanol–water partition coefficient (Wildman–Crippen LogP) is 4.97. The van der Waals surface area contributed by atoms with Crippen LogP contribution in [0.3, 0.4) is 0 Å². The first kappa shape index (κ1) is 17.3. The number of hydrogen-bond acceptors (Lipinski definition) is 4. The number of rotatable bonds is 3. The highest BCUT2D eigenvalue weighted by Gasteiger charge is 2.36. The fourth-order valence-corrected chi connectivity index (χ4v) is 4.80. The summed E-state index contributed by atoms with van der Waals surface area (Å²) in [5, 5.41) is 0. The van der Waals surface area contributed by atoms with Crippen LogP contribution in [0.4, 0.5) is 0 Å². The van der Waals surface area contributed by atoms with Gasteiger partial charge >= 0.3 is 0 Å². The summed E-state index contributed by atoms with van der Waals surface area (Å²) < 4.78 is 6.35. The number of thiocarbonyl (C=S) groups is 1. The van der Waals surface area contributed by atoms with Crippen LogP contribution < -0.4 is 4.74 Å². The summed E-state index contributed by atoms with van der Waals surface area (Å²) in [4.78, 5) is 15.3. The number of thioether (sulfide) groups is 1. The molecule has 0 aromatic heterocycles. The third kappa shape index (κ3) is 3.17. The molecule has 26 heavy (non-hydrogen) atoms. The highest BCUT2D eigenvalue weighted by molar-refractivity contribution is 8.26. The van der Waals surface area contributed by atoms with Crippen molar-refractivity contribution in [3.05, 3.63) is 70.1 Å². The lowest BCUT2D eigenvalue weighted by Gasteiger charge is -2.23. The fourth-order valence-electron chi connectivity index (χ4n) is 3.38. The van der Waals surface area contributed by atoms with Gasteiger partial charge in [-0.05, 0) is 48.7 Å². The number of nitrogens with zero attached hydrogens (tertiary/aromatic N) is 1. The molecule has 0 radical (unpaired) electrons. The van der Waals surface area contributed by atoms with Crippen LogP contribution in [0.1, 0.15) is 36.6 Å². The molecular weight excluding hydrogens is 362 g/mol. The van der Waals surface area contributed by atoms with Gasteiger partial charge in [0, 0.05) is 6.42 Å². The largest absolute Gasteiger partial charge is 0.490 e. The van der Waals surface area contributed by atoms with Gasteiger partial charge in [-0.2, -0.15) is 0 Å². The van der Waals surface area contributed by atoms with Gasteiger partial charge in [0.05, 0.1) is 10.9 Å². The van der Waals surface area contributed by atoms with Gasteiger partial charge in [-0.1, -0.05) is 60.4 Å². The lowest BCUT2D eigenvalue weighted by molar-refractivity contribution is -0.123. The Labute approximate surface area is 163 Å². The van der Waals surface area contributed by atoms with E-state index in [2.05, 4.69) is 13.0 Å². The normalized spacial score (nSPS) is 21.8. The van der Waals surface area contributed by atoms with E-state index in [1.54, 1.807) is 4.90 Å². The van der Waals surface area contributed by atoms with Crippen molar-refractivity contribution in [3.8, 4) is 5.75 Å². The fraction of sp³-hybridized carbons (Fsp3) is 0.238. The molecule has 2 aromatic carbocycles. The molecule has 4 rings (SSSR count). The van der Waals surface area contributed by atoms with Gasteiger partial charge in [0.25, 0.3) is 5.91 Å². The zero-order chi connectivity index (χ0) is 18.3. The molecule has 2 atom stereocenters. The van der Waals surface area contributed by atoms with Crippen LogP contribution in [0.5, 0.6) is 5.75 Å². The van der Waals surface area contributed by atoms with Gasteiger partial charge in [-0.15, -0.1) is 0 Å². The molecule has 2 aliphatic heterocycles. The van der Waals surface area contributed by atoms with E-state index in [9.17, 15) is 4.79 Å². The van der Waals surface area contributed by atoms with Crippen molar-refractivity contribution in [2.45, 2.75) is 32.4 Å². The number of hydrogen-bond donors (Lipinski definition) is 0. The number of fused-ring (bicyclic) bond motifs is 1. The van der Waals surface area contributed by atoms with E-state index in [4.69, 9.17) is 17.0 Å². The summed E-state index contributed by atoms with van der Waals surface area (Å²) in [6.45, 7) is 4.08. The van der Waals surface area contributed by atoms with Crippen LogP contribution in [-0.2, 0) is 11.2 Å². The van der Waals surface area contributed by atoms with E-state index in [-0.39, 0.29) is 18.1 Å². The first-order valence-corrected chi connectivity index (χ1v) is 9.87. The molecule has 1 saturated heterocycles. The quantitative estimate of drug-likeness (QED) is 0.554. The summed E-state index contributed by atoms with van der Waals surface area (Å²) in [5.74, 6) is 0.918. The minimum atomic E-state index is -0.0797. The Hall–Kier alpha value is -2.11. The van der Waals surface area contributed by atoms with Gasteiger partial charge in [-0.3, -0.25) is 9.69 Å². The first-order chi connectivity index (χ1) is 12.5. The first-order valence-electron chi connectivity index (χ1n) is 8.64. The van der Waals surface area contributed by atoms with Crippen molar-refractivity contribution in [1.29, 1.82) is 0 Å². The number of carbonyl (C=O) groups is 1. The Morgan fingerprint density at radius 2 is 2.04 bits per heavy atom. The zero-order valence-corrected chi connectivity index (χ0v) is 16.3. The number of benzene rings is 2. The SMILES string of the molecule is C[C@@H]1Cc2cc(/C=C3/SC(=S)N([C@H](C)c4ccccc4)C3=O)ccc2O1. The minimum absolute atomic E-state index is 0.0264. The Kier molecular flexibility index (Phi) is 4.59. The van der Waals surface area contributed by atoms with Crippen LogP contribution in [0.25, 0.3) is 6.08 Å². The minimum Gasteiger partial charge on any atom is -0.490 e. The summed E-state index contributed by atoms with van der Waals surface area (Å²) >= 11 is 6.86. The van der Waals surface area contributed by atoms with Gasteiger partial charge in [0.1, 0.15) is 16.2 Å². The van der Waals surface area contributed by atoms with Crippen LogP contribution >= 0.6 is 24.0 Å². The van der Waals surface area contributed by atoms with E-state index in [1.807, 2.05) is 55.5 Å². The van der Waals surface area contributed by atoms with Crippen LogP contribution in [0, 0.1) is 0 Å². The summed E-state index contributed by atoms with van der Waals surface area (Å²) in [5.41, 5.74) is 3.28. The monoisotopic (exact) mass is 381 g/mol. The van der Waals surface area contributed by atoms with Crippen molar-refractivity contribution in [3.63, 3.8) is 0 Å². The van der Waals surface area contributed by atoms with E-state index in [1.165, 1.54) is 17.3 Å². The molecule has 5 heteroatoms. The van der Waals surface area contributed by atoms with Gasteiger partial charge < -0.3 is 4.74 Å². The highest BCUT2D eigenvalue weighted by atomic mass is 32.2. The van der Waals surface area contributed by atoms with E-state index in [0.29, 0.717) is 9.23 Å². The summed E-state index contributed by atoms with van der Waals surface area (Å²) in [6, 6.07) is 16.0. The van der Waals surface area contributed by atoms with E-state index >= 15 is 0 Å². The lowest BCUT2D eigenvalue weighted by Crippen LogP contribution is -2.30. The summed E-state index contributed by atoms with van der Waals surface area (Å²) in [7, 11) is 0. The second kappa shape index (κ2) is 6.89. The molecule has 0 saturated carbocycles. The molecule has 132 valence electrons. The van der Waals surface area contributed by atoms with Crippen molar-refractivity contribution in [2.24, 2.45) is 0 Å². The molecule has 0 bridgehead atoms. The van der Waals surface area contributed by atoms with Crippen molar-refractivity contribution in [2.75, 3.05) is 0 Å². The molecule has 2 aromatic rings. The third-order valence-corrected chi connectivity index (χ3v) is 6.04. The summed E-state index contributed by atoms with van der Waals surface area (Å²) in [6.07, 6.45) is 3.05. The maximum absolute atomic E-state index is 12.9. The topological polar surface area (TPSA) is 29.5 Å². The standard InChI is InChI=1S/C21H19NO2S2/c1-13-10-17-11-15(8-9-18(17)24-13)12-19-20(23)22(21(25)26-19)14(2)16-6-4-3-5-7-16/h3-9,11-14H,10H2,1-2H3/b19-12+/t13-,14-/m1/s1. The predicted molar refractivity (Wildman–Crippen MR) is 110 cm³/mol. The molecule has 2 aliphatic rings. The second-order valence-corrected chi connectivity index (χ2v) is 8.31. The molecule has 3 nitrogen and oxygen atoms in total. The Morgan fingerprint density at radius 3 is 2.81 bits per heavy atom. The third-order valence-electron chi connectivity index (χ3n) is 4.71. The molecule has 1 fully saturated rings. The Balaban J connectivity index is 1.59. The molecule has 2 heterocycles. The van der Waals surface area contributed by atoms with Gasteiger partial charge in [-0.25, -0.2) is 0 Å². The molecule has 0 unspecified atom stereocenters. The lowest BCUT2D eigenvalue weighted by atomic mass is 10.1. The van der Waals surface area contributed by atoms with E-state index < -0.39 is 0 Å². The van der Waals surface area contributed by atoms with Crippen molar-refractivity contribution in [1.82, 2.24) is 4.90 Å². The zero-order valence-electron chi connectivity index (χ0n) is 14.6. The Morgan fingerprint density at radius 1 is 1.27 bits per heavy atom. The average Bonchev–Trinajstić information content (AvgIpc) is 3.13. The van der Waals surface area contributed by atoms with Crippen LogP contribution in [0.15, 0.2) is 53.4 Å². The number of carbonyl (C=O) groups excluding carboxylic acids is 1.